The molecule has 0 radical (unpaired) electrons. The quantitative estimate of drug-likeness (QED) is 0.814. The average molecular weight is 305 g/mol. The van der Waals surface area contributed by atoms with Crippen molar-refractivity contribution in [3.05, 3.63) is 0 Å². The second kappa shape index (κ2) is 7.54. The summed E-state index contributed by atoms with van der Waals surface area (Å²) in [7, 11) is 0. The molecule has 0 aromatic carbocycles. The van der Waals surface area contributed by atoms with Gasteiger partial charge in [-0.25, -0.2) is 0 Å². The average Bonchev–Trinajstić information content (AvgIpc) is 2.26. The van der Waals surface area contributed by atoms with Crippen LogP contribution in [0, 0.1) is 0 Å². The van der Waals surface area contributed by atoms with Gasteiger partial charge in [0.05, 0.1) is 6.54 Å². The molecule has 1 fully saturated rings. The molecular weight excluding hydrogens is 289 g/mol. The van der Waals surface area contributed by atoms with Crippen LogP contribution in [0.25, 0.3) is 0 Å². The Bertz CT molecular complexity index is 326. The fourth-order valence-electron chi connectivity index (χ4n) is 1.90. The first kappa shape index (κ1) is 18.0. The van der Waals surface area contributed by atoms with Crippen molar-refractivity contribution in [1.82, 2.24) is 10.2 Å². The molecule has 112 valence electrons. The van der Waals surface area contributed by atoms with Crippen LogP contribution in [0.5, 0.6) is 0 Å². The number of amides is 1. The van der Waals surface area contributed by atoms with Gasteiger partial charge < -0.3 is 10.4 Å². The molecule has 0 spiro atoms. The highest BCUT2D eigenvalue weighted by atomic mass is 35.5. The third-order valence-corrected chi connectivity index (χ3v) is 2.73. The molecule has 19 heavy (non-hydrogen) atoms. The van der Waals surface area contributed by atoms with Crippen LogP contribution in [0.3, 0.4) is 0 Å². The van der Waals surface area contributed by atoms with Gasteiger partial charge in [0.1, 0.15) is 12.6 Å². The maximum absolute atomic E-state index is 11.9. The van der Waals surface area contributed by atoms with E-state index in [4.69, 9.17) is 5.11 Å². The van der Waals surface area contributed by atoms with E-state index in [0.717, 1.165) is 12.8 Å². The standard InChI is InChI=1S/C10H15F3N2O3.ClH/c11-10(12,13)6-14-8(16)5-15-4-2-1-3-7(15)9(17)18;/h7H,1-6H2,(H,14,16)(H,17,18);1H. The summed E-state index contributed by atoms with van der Waals surface area (Å²) in [4.78, 5) is 23.6. The fraction of sp³-hybridized carbons (Fsp3) is 0.800. The summed E-state index contributed by atoms with van der Waals surface area (Å²) in [6.07, 6.45) is -2.54. The maximum Gasteiger partial charge on any atom is 0.405 e. The number of hydrogen-bond acceptors (Lipinski definition) is 3. The lowest BCUT2D eigenvalue weighted by atomic mass is 10.0. The molecule has 1 aliphatic rings. The predicted octanol–water partition coefficient (Wildman–Crippen LogP) is 1.03. The predicted molar refractivity (Wildman–Crippen MR) is 63.2 cm³/mol. The Kier molecular flexibility index (Phi) is 7.14. The highest BCUT2D eigenvalue weighted by molar-refractivity contribution is 5.85. The number of alkyl halides is 3. The Hall–Kier alpha value is -1.02. The molecule has 1 saturated heterocycles. The number of aliphatic carboxylic acids is 1. The third kappa shape index (κ3) is 6.63. The maximum atomic E-state index is 11.9. The molecule has 5 nitrogen and oxygen atoms in total. The Morgan fingerprint density at radius 3 is 2.47 bits per heavy atom. The molecule has 2 N–H and O–H groups in total. The second-order valence-corrected chi connectivity index (χ2v) is 4.21. The summed E-state index contributed by atoms with van der Waals surface area (Å²) in [5.41, 5.74) is 0. The Labute approximate surface area is 114 Å². The molecule has 0 aromatic heterocycles. The molecule has 0 saturated carbocycles. The van der Waals surface area contributed by atoms with Gasteiger partial charge in [-0.05, 0) is 19.4 Å². The Morgan fingerprint density at radius 2 is 1.95 bits per heavy atom. The van der Waals surface area contributed by atoms with Gasteiger partial charge in [0.25, 0.3) is 0 Å². The van der Waals surface area contributed by atoms with E-state index in [0.29, 0.717) is 13.0 Å². The first-order valence-electron chi connectivity index (χ1n) is 5.60. The number of nitrogens with zero attached hydrogens (tertiary/aromatic N) is 1. The molecule has 0 bridgehead atoms. The molecule has 1 aliphatic heterocycles. The van der Waals surface area contributed by atoms with Crippen LogP contribution in [0.1, 0.15) is 19.3 Å². The lowest BCUT2D eigenvalue weighted by Gasteiger charge is -2.32. The zero-order chi connectivity index (χ0) is 13.8. The first-order valence-corrected chi connectivity index (χ1v) is 5.60. The van der Waals surface area contributed by atoms with Crippen LogP contribution in [0.4, 0.5) is 13.2 Å². The zero-order valence-electron chi connectivity index (χ0n) is 10.1. The minimum absolute atomic E-state index is 0. The van der Waals surface area contributed by atoms with Crippen LogP contribution in [0.15, 0.2) is 0 Å². The van der Waals surface area contributed by atoms with E-state index in [9.17, 15) is 22.8 Å². The van der Waals surface area contributed by atoms with Gasteiger partial charge in [-0.2, -0.15) is 13.2 Å². The fourth-order valence-corrected chi connectivity index (χ4v) is 1.90. The minimum atomic E-state index is -4.45. The molecule has 0 aliphatic carbocycles. The van der Waals surface area contributed by atoms with Gasteiger partial charge in [-0.3, -0.25) is 14.5 Å². The van der Waals surface area contributed by atoms with E-state index in [2.05, 4.69) is 0 Å². The third-order valence-electron chi connectivity index (χ3n) is 2.73. The summed E-state index contributed by atoms with van der Waals surface area (Å²) in [5.74, 6) is -1.85. The van der Waals surface area contributed by atoms with Crippen molar-refractivity contribution in [2.24, 2.45) is 0 Å². The lowest BCUT2D eigenvalue weighted by Crippen LogP contribution is -2.49. The SMILES string of the molecule is Cl.O=C(CN1CCCCC1C(=O)O)NCC(F)(F)F. The lowest BCUT2D eigenvalue weighted by molar-refractivity contribution is -0.147. The van der Waals surface area contributed by atoms with Crippen LogP contribution >= 0.6 is 12.4 Å². The summed E-state index contributed by atoms with van der Waals surface area (Å²) in [5, 5.41) is 10.7. The van der Waals surface area contributed by atoms with Crippen molar-refractivity contribution >= 4 is 24.3 Å². The van der Waals surface area contributed by atoms with E-state index >= 15 is 0 Å². The molecule has 0 aromatic rings. The summed E-state index contributed by atoms with van der Waals surface area (Å²) < 4.78 is 35.6. The van der Waals surface area contributed by atoms with E-state index in [-0.39, 0.29) is 19.0 Å². The molecule has 1 atom stereocenters. The molecular formula is C10H16ClF3N2O3. The number of carboxylic acids is 1. The number of piperidine rings is 1. The van der Waals surface area contributed by atoms with E-state index < -0.39 is 30.6 Å². The summed E-state index contributed by atoms with van der Waals surface area (Å²) >= 11 is 0. The number of carboxylic acid groups (broad SMARTS) is 1. The highest BCUT2D eigenvalue weighted by Crippen LogP contribution is 2.17. The van der Waals surface area contributed by atoms with Crippen LogP contribution in [-0.4, -0.2) is 53.7 Å². The van der Waals surface area contributed by atoms with Gasteiger partial charge in [-0.15, -0.1) is 12.4 Å². The van der Waals surface area contributed by atoms with Gasteiger partial charge in [0, 0.05) is 0 Å². The van der Waals surface area contributed by atoms with E-state index in [1.54, 1.807) is 5.32 Å². The Balaban J connectivity index is 0.00000324. The van der Waals surface area contributed by atoms with Crippen LogP contribution in [-0.2, 0) is 9.59 Å². The smallest absolute Gasteiger partial charge is 0.405 e. The number of nitrogens with one attached hydrogen (secondary N) is 1. The van der Waals surface area contributed by atoms with Gasteiger partial charge in [0.2, 0.25) is 5.91 Å². The number of carbonyl (C=O) groups excluding carboxylic acids is 1. The van der Waals surface area contributed by atoms with E-state index in [1.165, 1.54) is 4.90 Å². The molecule has 1 rings (SSSR count). The summed E-state index contributed by atoms with van der Waals surface area (Å²) in [6.45, 7) is -1.29. The second-order valence-electron chi connectivity index (χ2n) is 4.21. The van der Waals surface area contributed by atoms with Gasteiger partial charge in [-0.1, -0.05) is 6.42 Å². The first-order chi connectivity index (χ1) is 8.29. The molecule has 1 heterocycles. The van der Waals surface area contributed by atoms with Crippen molar-refractivity contribution in [3.8, 4) is 0 Å². The van der Waals surface area contributed by atoms with Crippen molar-refractivity contribution in [3.63, 3.8) is 0 Å². The van der Waals surface area contributed by atoms with Gasteiger partial charge in [0.15, 0.2) is 0 Å². The topological polar surface area (TPSA) is 69.6 Å². The highest BCUT2D eigenvalue weighted by Gasteiger charge is 2.31. The van der Waals surface area contributed by atoms with E-state index in [1.807, 2.05) is 0 Å². The molecule has 1 amide bonds. The normalized spacial score (nSPS) is 20.5. The number of hydrogen-bond donors (Lipinski definition) is 2. The van der Waals surface area contributed by atoms with Gasteiger partial charge >= 0.3 is 12.1 Å². The largest absolute Gasteiger partial charge is 0.480 e. The minimum Gasteiger partial charge on any atom is -0.480 e. The van der Waals surface area contributed by atoms with Crippen molar-refractivity contribution < 1.29 is 27.9 Å². The number of carbonyl (C=O) groups is 2. The monoisotopic (exact) mass is 304 g/mol. The number of halogens is 4. The molecule has 9 heteroatoms. The van der Waals surface area contributed by atoms with Crippen LogP contribution in [0.2, 0.25) is 0 Å². The van der Waals surface area contributed by atoms with Crippen LogP contribution < -0.4 is 5.32 Å². The van der Waals surface area contributed by atoms with Crippen molar-refractivity contribution in [2.75, 3.05) is 19.6 Å². The van der Waals surface area contributed by atoms with Crippen molar-refractivity contribution in [2.45, 2.75) is 31.5 Å². The number of rotatable bonds is 4. The zero-order valence-corrected chi connectivity index (χ0v) is 10.9. The summed E-state index contributed by atoms with van der Waals surface area (Å²) in [6, 6.07) is -0.782. The Morgan fingerprint density at radius 1 is 1.32 bits per heavy atom. The molecule has 1 unspecified atom stereocenters. The van der Waals surface area contributed by atoms with Crippen molar-refractivity contribution in [1.29, 1.82) is 0 Å². The number of likely N-dealkylation sites (tertiary alicyclic amines) is 1.